The summed E-state index contributed by atoms with van der Waals surface area (Å²) in [6.45, 7) is 8.16. The number of aromatic nitrogens is 2. The average Bonchev–Trinajstić information content (AvgIpc) is 3.16. The third-order valence-corrected chi connectivity index (χ3v) is 10.3. The Bertz CT molecular complexity index is 1560. The zero-order valence-electron chi connectivity index (χ0n) is 31.1. The Morgan fingerprint density at radius 1 is 0.556 bits per heavy atom. The summed E-state index contributed by atoms with van der Waals surface area (Å²) < 4.78 is 15.2. The van der Waals surface area contributed by atoms with Crippen LogP contribution in [0.2, 0.25) is 0 Å². The maximum atomic E-state index is 12.3. The second-order valence-electron chi connectivity index (χ2n) is 12.0. The molecule has 2 aromatic carbocycles. The smallest absolute Gasteiger partial charge is 0.220 e. The number of nitrogens with one attached hydrogen (secondary N) is 2. The van der Waals surface area contributed by atoms with Crippen LogP contribution in [0, 0.1) is 0 Å². The summed E-state index contributed by atoms with van der Waals surface area (Å²) >= 11 is 0. The lowest BCUT2D eigenvalue weighted by atomic mass is 10.1. The highest BCUT2D eigenvalue weighted by Gasteiger charge is 2.07. The fourth-order valence-electron chi connectivity index (χ4n) is 5.13. The molecule has 0 bridgehead atoms. The fourth-order valence-corrected chi connectivity index (χ4v) is 6.94. The summed E-state index contributed by atoms with van der Waals surface area (Å²) in [6.07, 6.45) is 19.1. The highest BCUT2D eigenvalue weighted by molar-refractivity contribution is 8.76. The number of rotatable bonds is 23. The number of benzene rings is 2. The summed E-state index contributed by atoms with van der Waals surface area (Å²) in [4.78, 5) is 24.5. The molecule has 2 heterocycles. The van der Waals surface area contributed by atoms with E-state index in [4.69, 9.17) is 9.47 Å². The molecule has 2 N–H and O–H groups in total. The molecule has 12 heteroatoms. The molecule has 0 aliphatic heterocycles. The van der Waals surface area contributed by atoms with Crippen molar-refractivity contribution in [1.82, 2.24) is 10.6 Å². The van der Waals surface area contributed by atoms with Crippen LogP contribution in [0.4, 0.5) is 0 Å². The first-order valence-corrected chi connectivity index (χ1v) is 20.6. The lowest BCUT2D eigenvalue weighted by molar-refractivity contribution is -0.697. The van der Waals surface area contributed by atoms with Gasteiger partial charge in [0, 0.05) is 74.5 Å². The lowest BCUT2D eigenvalue weighted by Crippen LogP contribution is -3.00. The summed E-state index contributed by atoms with van der Waals surface area (Å²) in [5.74, 6) is 3.59. The highest BCUT2D eigenvalue weighted by Crippen LogP contribution is 2.19. The summed E-state index contributed by atoms with van der Waals surface area (Å²) in [5.41, 5.74) is 4.49. The molecule has 2 aromatic heterocycles. The molecule has 2 amide bonds. The number of carbonyl (C=O) groups is 2. The van der Waals surface area contributed by atoms with Crippen molar-refractivity contribution < 1.29 is 53.0 Å². The van der Waals surface area contributed by atoms with Gasteiger partial charge in [0.1, 0.15) is 24.6 Å². The van der Waals surface area contributed by atoms with Crippen LogP contribution in [0.25, 0.3) is 24.3 Å². The fraction of sp³-hybridized carbons (Fsp3) is 0.333. The van der Waals surface area contributed by atoms with Gasteiger partial charge < -0.3 is 44.9 Å². The Morgan fingerprint density at radius 2 is 0.889 bits per heavy atom. The molecule has 290 valence electrons. The molecular weight excluding hydrogens is 760 g/mol. The van der Waals surface area contributed by atoms with Crippen molar-refractivity contribution in [2.24, 2.45) is 0 Å². The standard InChI is InChI=1S/C42H50N4O4S2.2ClH/c1-3-49-39-17-13-35(14-18-39)9-11-37-21-29-45(30-22-37)27-5-7-41(47)43-25-33-51-52-34-26-44-42(48)8-6-28-46-31-23-38(24-32-46)12-10-36-15-19-40(20-16-36)50-4-2;;/h9-24,29-32H,3-8,25-28,33-34H2,1-2H3;2*1H/b11-9+,12-10+;;. The van der Waals surface area contributed by atoms with Gasteiger partial charge in [-0.25, -0.2) is 9.13 Å². The predicted octanol–water partition coefficient (Wildman–Crippen LogP) is 1.28. The van der Waals surface area contributed by atoms with Gasteiger partial charge in [-0.3, -0.25) is 9.59 Å². The Balaban J connectivity index is 0.00000504. The monoisotopic (exact) mass is 810 g/mol. The summed E-state index contributed by atoms with van der Waals surface area (Å²) in [5, 5.41) is 6.02. The van der Waals surface area contributed by atoms with Crippen molar-refractivity contribution in [2.45, 2.75) is 52.6 Å². The largest absolute Gasteiger partial charge is 1.00 e. The van der Waals surface area contributed by atoms with Crippen LogP contribution >= 0.6 is 21.6 Å². The number of carbonyl (C=O) groups excluding carboxylic acids is 2. The van der Waals surface area contributed by atoms with Crippen LogP contribution in [-0.2, 0) is 22.7 Å². The number of pyridine rings is 2. The van der Waals surface area contributed by atoms with Gasteiger partial charge in [-0.05, 0) is 60.4 Å². The molecule has 0 unspecified atom stereocenters. The van der Waals surface area contributed by atoms with Crippen molar-refractivity contribution in [3.05, 3.63) is 120 Å². The molecule has 4 aromatic rings. The molecule has 4 rings (SSSR count). The van der Waals surface area contributed by atoms with E-state index in [9.17, 15) is 9.59 Å². The van der Waals surface area contributed by atoms with E-state index in [1.807, 2.05) is 62.4 Å². The van der Waals surface area contributed by atoms with E-state index in [0.717, 1.165) is 71.2 Å². The molecule has 54 heavy (non-hydrogen) atoms. The van der Waals surface area contributed by atoms with Crippen molar-refractivity contribution in [2.75, 3.05) is 37.8 Å². The van der Waals surface area contributed by atoms with Crippen LogP contribution in [0.15, 0.2) is 97.6 Å². The van der Waals surface area contributed by atoms with Crippen molar-refractivity contribution in [3.8, 4) is 11.5 Å². The van der Waals surface area contributed by atoms with Crippen LogP contribution in [0.5, 0.6) is 11.5 Å². The second kappa shape index (κ2) is 27.6. The molecule has 0 saturated heterocycles. The van der Waals surface area contributed by atoms with Gasteiger partial charge >= 0.3 is 0 Å². The van der Waals surface area contributed by atoms with Crippen molar-refractivity contribution in [3.63, 3.8) is 0 Å². The molecule has 0 radical (unpaired) electrons. The van der Waals surface area contributed by atoms with Gasteiger partial charge in [0.05, 0.1) is 13.2 Å². The number of aryl methyl sites for hydroxylation is 2. The molecular formula is C42H52Cl2N4O4S2. The van der Waals surface area contributed by atoms with Gasteiger partial charge in [-0.1, -0.05) is 70.2 Å². The first-order valence-electron chi connectivity index (χ1n) is 18.1. The minimum atomic E-state index is 0. The van der Waals surface area contributed by atoms with Gasteiger partial charge in [-0.15, -0.1) is 0 Å². The first kappa shape index (κ1) is 46.2. The number of hydrogen-bond acceptors (Lipinski definition) is 6. The van der Waals surface area contributed by atoms with Crippen LogP contribution in [0.1, 0.15) is 61.8 Å². The quantitative estimate of drug-likeness (QED) is 0.0669. The summed E-state index contributed by atoms with van der Waals surface area (Å²) in [6, 6.07) is 24.4. The van der Waals surface area contributed by atoms with Gasteiger partial charge in [0.2, 0.25) is 11.8 Å². The molecule has 8 nitrogen and oxygen atoms in total. The van der Waals surface area contributed by atoms with Crippen molar-refractivity contribution in [1.29, 1.82) is 0 Å². The van der Waals surface area contributed by atoms with Gasteiger partial charge in [0.15, 0.2) is 24.8 Å². The van der Waals surface area contributed by atoms with Gasteiger partial charge in [0.25, 0.3) is 0 Å². The van der Waals surface area contributed by atoms with E-state index in [0.29, 0.717) is 39.1 Å². The minimum Gasteiger partial charge on any atom is -1.00 e. The zero-order valence-corrected chi connectivity index (χ0v) is 34.3. The molecule has 0 spiro atoms. The van der Waals surface area contributed by atoms with Crippen LogP contribution in [0.3, 0.4) is 0 Å². The first-order chi connectivity index (χ1) is 25.5. The second-order valence-corrected chi connectivity index (χ2v) is 14.7. The number of halogens is 2. The lowest BCUT2D eigenvalue weighted by Gasteiger charge is -2.06. The number of nitrogens with zero attached hydrogens (tertiary/aromatic N) is 2. The molecule has 0 aliphatic rings. The Morgan fingerprint density at radius 3 is 1.22 bits per heavy atom. The average molecular weight is 812 g/mol. The molecule has 0 aliphatic carbocycles. The van der Waals surface area contributed by atoms with E-state index >= 15 is 0 Å². The number of ether oxygens (including phenoxy) is 2. The zero-order chi connectivity index (χ0) is 36.6. The van der Waals surface area contributed by atoms with E-state index in [-0.39, 0.29) is 36.6 Å². The molecule has 0 fully saturated rings. The van der Waals surface area contributed by atoms with E-state index in [2.05, 4.69) is 93.1 Å². The van der Waals surface area contributed by atoms with E-state index in [1.54, 1.807) is 21.6 Å². The van der Waals surface area contributed by atoms with Crippen LogP contribution in [-0.4, -0.2) is 49.6 Å². The number of amides is 2. The predicted molar refractivity (Wildman–Crippen MR) is 216 cm³/mol. The Kier molecular flexibility index (Phi) is 23.6. The van der Waals surface area contributed by atoms with Gasteiger partial charge in [-0.2, -0.15) is 0 Å². The van der Waals surface area contributed by atoms with E-state index < -0.39 is 0 Å². The molecule has 0 atom stereocenters. The Labute approximate surface area is 341 Å². The maximum Gasteiger partial charge on any atom is 0.220 e. The normalized spacial score (nSPS) is 10.8. The molecule has 0 saturated carbocycles. The third-order valence-electron chi connectivity index (χ3n) is 7.89. The topological polar surface area (TPSA) is 84.4 Å². The highest BCUT2D eigenvalue weighted by atomic mass is 35.5. The summed E-state index contributed by atoms with van der Waals surface area (Å²) in [7, 11) is 3.43. The Hall–Kier alpha value is -3.96. The SMILES string of the molecule is CCOc1ccc(/C=C/c2cc[n+](CCCC(=O)NCCSSCCNC(=O)CCC[n+]3ccc(/C=C/c4ccc(OCC)cc4)cc3)cc2)cc1.[Cl-].[Cl-]. The van der Waals surface area contributed by atoms with Crippen LogP contribution < -0.4 is 54.1 Å². The minimum absolute atomic E-state index is 0. The van der Waals surface area contributed by atoms with E-state index in [1.165, 1.54) is 0 Å². The third kappa shape index (κ3) is 18.9. The number of hydrogen-bond donors (Lipinski definition) is 2. The maximum absolute atomic E-state index is 12.3. The van der Waals surface area contributed by atoms with Crippen molar-refractivity contribution >= 4 is 57.7 Å².